The van der Waals surface area contributed by atoms with Crippen LogP contribution in [0.15, 0.2) is 24.3 Å². The van der Waals surface area contributed by atoms with E-state index in [1.807, 2.05) is 31.2 Å². The van der Waals surface area contributed by atoms with Gasteiger partial charge in [-0.05, 0) is 12.5 Å². The summed E-state index contributed by atoms with van der Waals surface area (Å²) in [6, 6.07) is 7.46. The first-order valence-electron chi connectivity index (χ1n) is 6.33. The molecule has 0 spiro atoms. The van der Waals surface area contributed by atoms with Crippen LogP contribution in [-0.4, -0.2) is 24.9 Å². The summed E-state index contributed by atoms with van der Waals surface area (Å²) in [7, 11) is 0. The van der Waals surface area contributed by atoms with Gasteiger partial charge >= 0.3 is 0 Å². The lowest BCUT2D eigenvalue weighted by atomic mass is 10.0. The summed E-state index contributed by atoms with van der Waals surface area (Å²) in [5.74, 6) is -0.276. The summed E-state index contributed by atoms with van der Waals surface area (Å²) in [5.41, 5.74) is 7.39. The van der Waals surface area contributed by atoms with Gasteiger partial charge in [0.1, 0.15) is 0 Å². The smallest absolute Gasteiger partial charge is 0.222 e. The molecule has 0 bridgehead atoms. The molecule has 104 valence electrons. The minimum Gasteiger partial charge on any atom is -0.355 e. The number of nitrogens with one attached hydrogen (secondary N) is 2. The molecule has 19 heavy (non-hydrogen) atoms. The molecule has 0 saturated heterocycles. The van der Waals surface area contributed by atoms with Crippen molar-refractivity contribution >= 4 is 11.8 Å². The predicted molar refractivity (Wildman–Crippen MR) is 74.4 cm³/mol. The van der Waals surface area contributed by atoms with Crippen LogP contribution < -0.4 is 16.4 Å². The quantitative estimate of drug-likeness (QED) is 0.704. The van der Waals surface area contributed by atoms with E-state index in [0.29, 0.717) is 13.1 Å². The van der Waals surface area contributed by atoms with Gasteiger partial charge < -0.3 is 16.4 Å². The zero-order valence-corrected chi connectivity index (χ0v) is 11.4. The van der Waals surface area contributed by atoms with Gasteiger partial charge in [-0.1, -0.05) is 29.8 Å². The number of hydrogen-bond donors (Lipinski definition) is 3. The Morgan fingerprint density at radius 3 is 2.42 bits per heavy atom. The minimum absolute atomic E-state index is 0.121. The number of aryl methyl sites for hydroxylation is 1. The summed E-state index contributed by atoms with van der Waals surface area (Å²) in [4.78, 5) is 22.9. The maximum Gasteiger partial charge on any atom is 0.222 e. The Balaban J connectivity index is 2.74. The van der Waals surface area contributed by atoms with E-state index < -0.39 is 0 Å². The van der Waals surface area contributed by atoms with E-state index in [9.17, 15) is 9.59 Å². The van der Waals surface area contributed by atoms with Gasteiger partial charge in [0.15, 0.2) is 0 Å². The van der Waals surface area contributed by atoms with E-state index in [2.05, 4.69) is 10.6 Å². The second-order valence-electron chi connectivity index (χ2n) is 4.51. The van der Waals surface area contributed by atoms with Crippen LogP contribution in [0.1, 0.15) is 30.5 Å². The van der Waals surface area contributed by atoms with Crippen LogP contribution in [0.25, 0.3) is 0 Å². The monoisotopic (exact) mass is 263 g/mol. The molecule has 5 heteroatoms. The van der Waals surface area contributed by atoms with E-state index in [4.69, 9.17) is 5.73 Å². The van der Waals surface area contributed by atoms with Crippen LogP contribution >= 0.6 is 0 Å². The molecule has 0 aliphatic heterocycles. The SMILES string of the molecule is CC(=O)NC(CC(=O)NCCN)c1ccc(C)cc1. The fourth-order valence-corrected chi connectivity index (χ4v) is 1.77. The fraction of sp³-hybridized carbons (Fsp3) is 0.429. The van der Waals surface area contributed by atoms with E-state index >= 15 is 0 Å². The number of benzene rings is 1. The van der Waals surface area contributed by atoms with Gasteiger partial charge in [0, 0.05) is 20.0 Å². The molecule has 4 N–H and O–H groups in total. The van der Waals surface area contributed by atoms with E-state index in [0.717, 1.165) is 11.1 Å². The first kappa shape index (κ1) is 15.2. The van der Waals surface area contributed by atoms with Gasteiger partial charge in [-0.3, -0.25) is 9.59 Å². The number of nitrogens with two attached hydrogens (primary N) is 1. The van der Waals surface area contributed by atoms with Crippen LogP contribution in [0.2, 0.25) is 0 Å². The summed E-state index contributed by atoms with van der Waals surface area (Å²) >= 11 is 0. The Labute approximate surface area is 113 Å². The molecule has 5 nitrogen and oxygen atoms in total. The Morgan fingerprint density at radius 2 is 1.89 bits per heavy atom. The molecule has 0 heterocycles. The Hall–Kier alpha value is -1.88. The molecule has 0 saturated carbocycles. The number of amides is 2. The highest BCUT2D eigenvalue weighted by Crippen LogP contribution is 2.17. The van der Waals surface area contributed by atoms with Crippen molar-refractivity contribution in [3.8, 4) is 0 Å². The fourth-order valence-electron chi connectivity index (χ4n) is 1.77. The number of carbonyl (C=O) groups excluding carboxylic acids is 2. The third-order valence-electron chi connectivity index (χ3n) is 2.71. The molecule has 1 aromatic rings. The minimum atomic E-state index is -0.309. The molecule has 2 amide bonds. The van der Waals surface area contributed by atoms with Crippen molar-refractivity contribution in [2.45, 2.75) is 26.3 Å². The van der Waals surface area contributed by atoms with Crippen LogP contribution in [0.3, 0.4) is 0 Å². The number of hydrogen-bond acceptors (Lipinski definition) is 3. The second kappa shape index (κ2) is 7.53. The molecule has 1 atom stereocenters. The topological polar surface area (TPSA) is 84.2 Å². The maximum absolute atomic E-state index is 11.7. The molecule has 0 radical (unpaired) electrons. The summed E-state index contributed by atoms with van der Waals surface area (Å²) in [5, 5.41) is 5.49. The lowest BCUT2D eigenvalue weighted by molar-refractivity contribution is -0.122. The first-order chi connectivity index (χ1) is 9.02. The standard InChI is InChI=1S/C14H21N3O2/c1-10-3-5-12(6-4-10)13(17-11(2)18)9-14(19)16-8-7-15/h3-6,13H,7-9,15H2,1-2H3,(H,16,19)(H,17,18). The highest BCUT2D eigenvalue weighted by Gasteiger charge is 2.16. The average molecular weight is 263 g/mol. The van der Waals surface area contributed by atoms with Crippen LogP contribution in [0.4, 0.5) is 0 Å². The summed E-state index contributed by atoms with van der Waals surface area (Å²) in [6.45, 7) is 4.28. The first-order valence-corrected chi connectivity index (χ1v) is 6.33. The maximum atomic E-state index is 11.7. The van der Waals surface area contributed by atoms with Gasteiger partial charge in [0.25, 0.3) is 0 Å². The van der Waals surface area contributed by atoms with Crippen LogP contribution in [-0.2, 0) is 9.59 Å². The lowest BCUT2D eigenvalue weighted by Gasteiger charge is -2.18. The van der Waals surface area contributed by atoms with Crippen molar-refractivity contribution in [1.29, 1.82) is 0 Å². The molecular weight excluding hydrogens is 242 g/mol. The van der Waals surface area contributed by atoms with Gasteiger partial charge in [-0.25, -0.2) is 0 Å². The van der Waals surface area contributed by atoms with E-state index in [1.165, 1.54) is 6.92 Å². The highest BCUT2D eigenvalue weighted by atomic mass is 16.2. The molecule has 0 aliphatic rings. The molecule has 1 aromatic carbocycles. The van der Waals surface area contributed by atoms with Crippen molar-refractivity contribution in [2.24, 2.45) is 5.73 Å². The van der Waals surface area contributed by atoms with Crippen LogP contribution in [0.5, 0.6) is 0 Å². The van der Waals surface area contributed by atoms with Gasteiger partial charge in [-0.15, -0.1) is 0 Å². The van der Waals surface area contributed by atoms with Crippen molar-refractivity contribution in [3.63, 3.8) is 0 Å². The van der Waals surface area contributed by atoms with Crippen molar-refractivity contribution in [3.05, 3.63) is 35.4 Å². The summed E-state index contributed by atoms with van der Waals surface area (Å²) in [6.07, 6.45) is 0.211. The lowest BCUT2D eigenvalue weighted by Crippen LogP contribution is -2.34. The van der Waals surface area contributed by atoms with Gasteiger partial charge in [0.05, 0.1) is 12.5 Å². The van der Waals surface area contributed by atoms with Gasteiger partial charge in [0.2, 0.25) is 11.8 Å². The van der Waals surface area contributed by atoms with Crippen molar-refractivity contribution in [2.75, 3.05) is 13.1 Å². The average Bonchev–Trinajstić information content (AvgIpc) is 2.36. The summed E-state index contributed by atoms with van der Waals surface area (Å²) < 4.78 is 0. The van der Waals surface area contributed by atoms with Gasteiger partial charge in [-0.2, -0.15) is 0 Å². The third kappa shape index (κ3) is 5.52. The Bertz CT molecular complexity index is 429. The third-order valence-corrected chi connectivity index (χ3v) is 2.71. The highest BCUT2D eigenvalue weighted by molar-refractivity contribution is 5.79. The zero-order chi connectivity index (χ0) is 14.3. The molecule has 0 aliphatic carbocycles. The molecule has 1 unspecified atom stereocenters. The predicted octanol–water partition coefficient (Wildman–Crippen LogP) is 0.637. The zero-order valence-electron chi connectivity index (χ0n) is 11.4. The normalized spacial score (nSPS) is 11.7. The molecule has 0 aromatic heterocycles. The van der Waals surface area contributed by atoms with Crippen molar-refractivity contribution < 1.29 is 9.59 Å². The second-order valence-corrected chi connectivity index (χ2v) is 4.51. The van der Waals surface area contributed by atoms with Crippen molar-refractivity contribution in [1.82, 2.24) is 10.6 Å². The number of rotatable bonds is 6. The van der Waals surface area contributed by atoms with Crippen LogP contribution in [0, 0.1) is 6.92 Å². The Morgan fingerprint density at radius 1 is 1.26 bits per heavy atom. The Kier molecular flexibility index (Phi) is 6.02. The largest absolute Gasteiger partial charge is 0.355 e. The van der Waals surface area contributed by atoms with E-state index in [1.54, 1.807) is 0 Å². The molecular formula is C14H21N3O2. The number of carbonyl (C=O) groups is 2. The van der Waals surface area contributed by atoms with E-state index in [-0.39, 0.29) is 24.3 Å². The molecule has 1 rings (SSSR count). The molecule has 0 fully saturated rings.